The molecular formula is C34H33NO. The smallest absolute Gasteiger partial charge is 0.224 e. The number of nitrogens with zero attached hydrogens (tertiary/aromatic N) is 1. The Morgan fingerprint density at radius 1 is 0.667 bits per heavy atom. The lowest BCUT2D eigenvalue weighted by Gasteiger charge is -2.54. The van der Waals surface area contributed by atoms with E-state index in [1.165, 1.54) is 18.4 Å². The van der Waals surface area contributed by atoms with Crippen LogP contribution < -0.4 is 0 Å². The van der Waals surface area contributed by atoms with Crippen molar-refractivity contribution in [2.24, 2.45) is 0 Å². The highest BCUT2D eigenvalue weighted by atomic mass is 16.2. The third kappa shape index (κ3) is 3.86. The van der Waals surface area contributed by atoms with Gasteiger partial charge in [-0.2, -0.15) is 0 Å². The minimum atomic E-state index is -0.544. The molecule has 180 valence electrons. The van der Waals surface area contributed by atoms with Crippen LogP contribution in [0.5, 0.6) is 0 Å². The standard InChI is InChI=1S/C34H33NO/c36-32(35-26-33(23-21-31(35)22-24-33)27-13-5-1-6-14-27)25-34(28-15-7-2-8-16-28,29-17-9-3-10-18-29)30-19-11-4-12-20-30/h1-20,31H,21-26H2. The van der Waals surface area contributed by atoms with Gasteiger partial charge in [-0.05, 0) is 47.9 Å². The lowest BCUT2D eigenvalue weighted by atomic mass is 9.63. The molecule has 0 radical (unpaired) electrons. The number of piperidine rings is 2. The van der Waals surface area contributed by atoms with Crippen LogP contribution in [0.25, 0.3) is 0 Å². The van der Waals surface area contributed by atoms with Gasteiger partial charge in [-0.15, -0.1) is 0 Å². The van der Waals surface area contributed by atoms with Gasteiger partial charge < -0.3 is 4.90 Å². The van der Waals surface area contributed by atoms with E-state index in [9.17, 15) is 4.79 Å². The molecule has 2 heterocycles. The van der Waals surface area contributed by atoms with Crippen molar-refractivity contribution < 1.29 is 4.79 Å². The van der Waals surface area contributed by atoms with Crippen LogP contribution in [0.1, 0.15) is 54.4 Å². The molecule has 0 spiro atoms. The molecule has 4 aromatic carbocycles. The zero-order valence-corrected chi connectivity index (χ0v) is 20.7. The first kappa shape index (κ1) is 22.8. The van der Waals surface area contributed by atoms with E-state index >= 15 is 0 Å². The van der Waals surface area contributed by atoms with Crippen molar-refractivity contribution in [3.8, 4) is 0 Å². The fourth-order valence-corrected chi connectivity index (χ4v) is 6.85. The Balaban J connectivity index is 1.43. The highest BCUT2D eigenvalue weighted by Gasteiger charge is 2.49. The van der Waals surface area contributed by atoms with E-state index in [1.54, 1.807) is 0 Å². The van der Waals surface area contributed by atoms with E-state index in [0.717, 1.165) is 36.1 Å². The Morgan fingerprint density at radius 2 is 1.08 bits per heavy atom. The Bertz CT molecular complexity index is 1200. The van der Waals surface area contributed by atoms with Gasteiger partial charge in [-0.25, -0.2) is 0 Å². The summed E-state index contributed by atoms with van der Waals surface area (Å²) in [5, 5.41) is 0. The summed E-state index contributed by atoms with van der Waals surface area (Å²) in [7, 11) is 0. The van der Waals surface area contributed by atoms with Gasteiger partial charge in [0.1, 0.15) is 0 Å². The number of amides is 1. The second kappa shape index (κ2) is 9.43. The maximum absolute atomic E-state index is 14.4. The molecule has 36 heavy (non-hydrogen) atoms. The van der Waals surface area contributed by atoms with Gasteiger partial charge in [0.25, 0.3) is 0 Å². The number of hydrogen-bond donors (Lipinski definition) is 0. The lowest BCUT2D eigenvalue weighted by Crippen LogP contribution is -2.58. The molecule has 1 amide bonds. The topological polar surface area (TPSA) is 20.3 Å². The van der Waals surface area contributed by atoms with E-state index in [0.29, 0.717) is 12.5 Å². The molecule has 2 saturated heterocycles. The van der Waals surface area contributed by atoms with Crippen LogP contribution in [0.2, 0.25) is 0 Å². The molecule has 3 fully saturated rings. The number of carbonyl (C=O) groups excluding carboxylic acids is 1. The third-order valence-electron chi connectivity index (χ3n) is 8.75. The molecule has 0 atom stereocenters. The summed E-state index contributed by atoms with van der Waals surface area (Å²) in [5.41, 5.74) is 4.42. The van der Waals surface area contributed by atoms with Crippen LogP contribution >= 0.6 is 0 Å². The highest BCUT2D eigenvalue weighted by Crippen LogP contribution is 2.48. The van der Waals surface area contributed by atoms with Crippen LogP contribution in [0.4, 0.5) is 0 Å². The molecule has 2 heteroatoms. The monoisotopic (exact) mass is 471 g/mol. The van der Waals surface area contributed by atoms with Crippen molar-refractivity contribution in [1.29, 1.82) is 0 Å². The number of rotatable bonds is 6. The van der Waals surface area contributed by atoms with Crippen LogP contribution in [-0.4, -0.2) is 23.4 Å². The summed E-state index contributed by atoms with van der Waals surface area (Å²) < 4.78 is 0. The van der Waals surface area contributed by atoms with Gasteiger partial charge in [0, 0.05) is 24.4 Å². The van der Waals surface area contributed by atoms with Crippen LogP contribution in [0.3, 0.4) is 0 Å². The molecular weight excluding hydrogens is 438 g/mol. The predicted molar refractivity (Wildman–Crippen MR) is 146 cm³/mol. The van der Waals surface area contributed by atoms with Crippen molar-refractivity contribution in [3.63, 3.8) is 0 Å². The zero-order chi connectivity index (χ0) is 24.4. The fourth-order valence-electron chi connectivity index (χ4n) is 6.85. The van der Waals surface area contributed by atoms with Crippen molar-refractivity contribution in [2.75, 3.05) is 6.54 Å². The second-order valence-corrected chi connectivity index (χ2v) is 10.6. The molecule has 1 aliphatic carbocycles. The second-order valence-electron chi connectivity index (χ2n) is 10.6. The van der Waals surface area contributed by atoms with Crippen LogP contribution in [0.15, 0.2) is 121 Å². The van der Waals surface area contributed by atoms with E-state index < -0.39 is 5.41 Å². The summed E-state index contributed by atoms with van der Waals surface area (Å²) in [5.74, 6) is 0.260. The molecule has 0 aromatic heterocycles. The first-order valence-corrected chi connectivity index (χ1v) is 13.2. The van der Waals surface area contributed by atoms with Gasteiger partial charge in [-0.3, -0.25) is 4.79 Å². The van der Waals surface area contributed by atoms with Gasteiger partial charge in [0.15, 0.2) is 0 Å². The summed E-state index contributed by atoms with van der Waals surface area (Å²) in [6, 6.07) is 43.0. The molecule has 0 N–H and O–H groups in total. The van der Waals surface area contributed by atoms with E-state index in [1.807, 2.05) is 0 Å². The highest BCUT2D eigenvalue weighted by molar-refractivity contribution is 5.81. The van der Waals surface area contributed by atoms with Gasteiger partial charge in [0.2, 0.25) is 5.91 Å². The number of fused-ring (bicyclic) bond motifs is 3. The zero-order valence-electron chi connectivity index (χ0n) is 20.7. The normalized spacial score (nSPS) is 21.3. The van der Waals surface area contributed by atoms with Crippen molar-refractivity contribution >= 4 is 5.91 Å². The molecule has 7 rings (SSSR count). The van der Waals surface area contributed by atoms with Gasteiger partial charge in [0.05, 0.1) is 5.41 Å². The number of carbonyl (C=O) groups is 1. The van der Waals surface area contributed by atoms with Crippen molar-refractivity contribution in [2.45, 2.75) is 49.0 Å². The first-order valence-electron chi connectivity index (χ1n) is 13.2. The van der Waals surface area contributed by atoms with E-state index in [-0.39, 0.29) is 11.3 Å². The average Bonchev–Trinajstić information content (AvgIpc) is 2.98. The lowest BCUT2D eigenvalue weighted by molar-refractivity contribution is -0.140. The molecule has 2 nitrogen and oxygen atoms in total. The molecule has 4 aromatic rings. The van der Waals surface area contributed by atoms with E-state index in [2.05, 4.69) is 126 Å². The molecule has 2 bridgehead atoms. The average molecular weight is 472 g/mol. The maximum atomic E-state index is 14.4. The summed E-state index contributed by atoms with van der Waals surface area (Å²) in [6.45, 7) is 0.828. The molecule has 2 aliphatic heterocycles. The fraction of sp³-hybridized carbons (Fsp3) is 0.265. The Hall–Kier alpha value is -3.65. The molecule has 3 aliphatic rings. The SMILES string of the molecule is O=C(CC(c1ccccc1)(c1ccccc1)c1ccccc1)N1CC2(c3ccccc3)CCC1CC2. The van der Waals surface area contributed by atoms with Crippen LogP contribution in [-0.2, 0) is 15.6 Å². The van der Waals surface area contributed by atoms with Gasteiger partial charge in [-0.1, -0.05) is 121 Å². The van der Waals surface area contributed by atoms with E-state index in [4.69, 9.17) is 0 Å². The molecule has 1 saturated carbocycles. The summed E-state index contributed by atoms with van der Waals surface area (Å²) in [4.78, 5) is 16.7. The van der Waals surface area contributed by atoms with Gasteiger partial charge >= 0.3 is 0 Å². The summed E-state index contributed by atoms with van der Waals surface area (Å²) >= 11 is 0. The minimum absolute atomic E-state index is 0.0839. The largest absolute Gasteiger partial charge is 0.339 e. The van der Waals surface area contributed by atoms with Crippen molar-refractivity contribution in [3.05, 3.63) is 144 Å². The molecule has 0 unspecified atom stereocenters. The quantitative estimate of drug-likeness (QED) is 0.274. The minimum Gasteiger partial charge on any atom is -0.339 e. The Kier molecular flexibility index (Phi) is 5.97. The Labute approximate surface area is 214 Å². The number of benzene rings is 4. The maximum Gasteiger partial charge on any atom is 0.224 e. The summed E-state index contributed by atoms with van der Waals surface area (Å²) in [6.07, 6.45) is 4.96. The predicted octanol–water partition coefficient (Wildman–Crippen LogP) is 7.13. The number of hydrogen-bond acceptors (Lipinski definition) is 1. The third-order valence-corrected chi connectivity index (χ3v) is 8.75. The van der Waals surface area contributed by atoms with Crippen molar-refractivity contribution in [1.82, 2.24) is 4.90 Å². The first-order chi connectivity index (χ1) is 17.7. The Morgan fingerprint density at radius 3 is 1.53 bits per heavy atom. The van der Waals surface area contributed by atoms with Crippen LogP contribution in [0, 0.1) is 0 Å².